The summed E-state index contributed by atoms with van der Waals surface area (Å²) in [5.41, 5.74) is 0. The van der Waals surface area contributed by atoms with E-state index in [1.807, 2.05) is 11.3 Å². The summed E-state index contributed by atoms with van der Waals surface area (Å²) in [6.45, 7) is 5.00. The Bertz CT molecular complexity index is 312. The Balaban J connectivity index is 1.82. The molecule has 82 valence electrons. The molecule has 2 atom stereocenters. The third-order valence-electron chi connectivity index (χ3n) is 3.26. The quantitative estimate of drug-likeness (QED) is 0.773. The van der Waals surface area contributed by atoms with Crippen LogP contribution in [0.1, 0.15) is 10.9 Å². The number of hydrogen-bond acceptors (Lipinski definition) is 4. The van der Waals surface area contributed by atoms with Crippen LogP contribution in [-0.2, 0) is 4.74 Å². The summed E-state index contributed by atoms with van der Waals surface area (Å²) in [4.78, 5) is 4.08. The molecule has 2 fully saturated rings. The Morgan fingerprint density at radius 1 is 1.47 bits per heavy atom. The second-order valence-corrected chi connectivity index (χ2v) is 5.14. The van der Waals surface area contributed by atoms with Crippen molar-refractivity contribution in [2.24, 2.45) is 0 Å². The van der Waals surface area contributed by atoms with Gasteiger partial charge >= 0.3 is 0 Å². The van der Waals surface area contributed by atoms with Crippen LogP contribution in [0.25, 0.3) is 0 Å². The van der Waals surface area contributed by atoms with Gasteiger partial charge in [-0.15, -0.1) is 11.3 Å². The van der Waals surface area contributed by atoms with Gasteiger partial charge in [0.2, 0.25) is 0 Å². The summed E-state index contributed by atoms with van der Waals surface area (Å²) < 4.78 is 5.53. The Labute approximate surface area is 94.0 Å². The lowest BCUT2D eigenvalue weighted by Gasteiger charge is -2.44. The van der Waals surface area contributed by atoms with E-state index in [1.165, 1.54) is 4.88 Å². The van der Waals surface area contributed by atoms with E-state index < -0.39 is 0 Å². The number of nitrogens with one attached hydrogen (secondary N) is 1. The lowest BCUT2D eigenvalue weighted by Crippen LogP contribution is -2.57. The van der Waals surface area contributed by atoms with Crippen molar-refractivity contribution in [3.8, 4) is 0 Å². The number of rotatable bonds is 1. The molecule has 1 aromatic heterocycles. The molecule has 2 unspecified atom stereocenters. The molecular formula is C11H16N2OS. The molecule has 0 radical (unpaired) electrons. The molecule has 2 aliphatic rings. The molecular weight excluding hydrogens is 208 g/mol. The maximum Gasteiger partial charge on any atom is 0.0635 e. The van der Waals surface area contributed by atoms with E-state index in [0.29, 0.717) is 12.1 Å². The van der Waals surface area contributed by atoms with Crippen LogP contribution in [0.15, 0.2) is 17.5 Å². The van der Waals surface area contributed by atoms with Gasteiger partial charge in [-0.25, -0.2) is 0 Å². The Morgan fingerprint density at radius 3 is 3.33 bits per heavy atom. The zero-order valence-electron chi connectivity index (χ0n) is 8.69. The van der Waals surface area contributed by atoms with Gasteiger partial charge in [-0.1, -0.05) is 6.07 Å². The molecule has 0 aliphatic carbocycles. The fourth-order valence-electron chi connectivity index (χ4n) is 2.50. The third-order valence-corrected chi connectivity index (χ3v) is 4.24. The molecule has 0 bridgehead atoms. The summed E-state index contributed by atoms with van der Waals surface area (Å²) in [7, 11) is 0. The van der Waals surface area contributed by atoms with Crippen LogP contribution < -0.4 is 5.32 Å². The van der Waals surface area contributed by atoms with Crippen molar-refractivity contribution in [2.75, 3.05) is 32.8 Å². The Hall–Kier alpha value is -0.420. The smallest absolute Gasteiger partial charge is 0.0635 e. The minimum atomic E-state index is 0.563. The van der Waals surface area contributed by atoms with Gasteiger partial charge in [0.1, 0.15) is 0 Å². The van der Waals surface area contributed by atoms with Gasteiger partial charge in [0.05, 0.1) is 19.3 Å². The summed E-state index contributed by atoms with van der Waals surface area (Å²) in [6.07, 6.45) is 0. The normalized spacial score (nSPS) is 32.5. The summed E-state index contributed by atoms with van der Waals surface area (Å²) in [5.74, 6) is 0. The zero-order valence-corrected chi connectivity index (χ0v) is 9.50. The van der Waals surface area contributed by atoms with Crippen molar-refractivity contribution in [1.82, 2.24) is 10.2 Å². The van der Waals surface area contributed by atoms with E-state index in [0.717, 1.165) is 32.8 Å². The van der Waals surface area contributed by atoms with Gasteiger partial charge in [-0.3, -0.25) is 4.90 Å². The number of fused-ring (bicyclic) bond motifs is 1. The van der Waals surface area contributed by atoms with Crippen LogP contribution in [0.3, 0.4) is 0 Å². The predicted octanol–water partition coefficient (Wildman–Crippen LogP) is 1.09. The Morgan fingerprint density at radius 2 is 2.47 bits per heavy atom. The molecule has 4 heteroatoms. The first-order chi connectivity index (χ1) is 7.45. The van der Waals surface area contributed by atoms with Gasteiger partial charge in [-0.2, -0.15) is 0 Å². The average molecular weight is 224 g/mol. The van der Waals surface area contributed by atoms with Crippen molar-refractivity contribution in [2.45, 2.75) is 12.1 Å². The molecule has 0 saturated carbocycles. The van der Waals surface area contributed by atoms with E-state index in [4.69, 9.17) is 4.74 Å². The highest BCUT2D eigenvalue weighted by atomic mass is 32.1. The topological polar surface area (TPSA) is 24.5 Å². The maximum absolute atomic E-state index is 5.53. The lowest BCUT2D eigenvalue weighted by atomic mass is 10.1. The highest BCUT2D eigenvalue weighted by molar-refractivity contribution is 7.10. The van der Waals surface area contributed by atoms with Gasteiger partial charge < -0.3 is 10.1 Å². The van der Waals surface area contributed by atoms with Crippen LogP contribution >= 0.6 is 11.3 Å². The number of hydrogen-bond donors (Lipinski definition) is 1. The van der Waals surface area contributed by atoms with E-state index >= 15 is 0 Å². The number of morpholine rings is 1. The lowest BCUT2D eigenvalue weighted by molar-refractivity contribution is -0.0419. The van der Waals surface area contributed by atoms with Crippen LogP contribution in [0.2, 0.25) is 0 Å². The predicted molar refractivity (Wildman–Crippen MR) is 61.2 cm³/mol. The molecule has 3 nitrogen and oxygen atoms in total. The molecule has 1 aromatic rings. The highest BCUT2D eigenvalue weighted by Crippen LogP contribution is 2.29. The fraction of sp³-hybridized carbons (Fsp3) is 0.636. The average Bonchev–Trinajstić information content (AvgIpc) is 2.82. The maximum atomic E-state index is 5.53. The third kappa shape index (κ3) is 1.83. The number of ether oxygens (including phenoxy) is 1. The van der Waals surface area contributed by atoms with Crippen molar-refractivity contribution >= 4 is 11.3 Å². The number of nitrogens with zero attached hydrogens (tertiary/aromatic N) is 1. The van der Waals surface area contributed by atoms with Crippen LogP contribution in [0.5, 0.6) is 0 Å². The van der Waals surface area contributed by atoms with E-state index in [-0.39, 0.29) is 0 Å². The van der Waals surface area contributed by atoms with E-state index in [9.17, 15) is 0 Å². The standard InChI is InChI=1S/C11H16N2OS/c1-2-11(15-5-1)10-7-12-6-9-8-14-4-3-13(9)10/h1-2,5,9-10,12H,3-4,6-8H2. The van der Waals surface area contributed by atoms with E-state index in [2.05, 4.69) is 27.7 Å². The molecule has 3 rings (SSSR count). The van der Waals surface area contributed by atoms with Crippen LogP contribution in [0, 0.1) is 0 Å². The second-order valence-electron chi connectivity index (χ2n) is 4.16. The fourth-order valence-corrected chi connectivity index (χ4v) is 3.35. The van der Waals surface area contributed by atoms with Crippen molar-refractivity contribution in [1.29, 1.82) is 0 Å². The first kappa shape index (κ1) is 9.78. The van der Waals surface area contributed by atoms with Gasteiger partial charge in [0.15, 0.2) is 0 Å². The number of thiophene rings is 1. The van der Waals surface area contributed by atoms with Gasteiger partial charge in [-0.05, 0) is 11.4 Å². The van der Waals surface area contributed by atoms with E-state index in [1.54, 1.807) is 0 Å². The van der Waals surface area contributed by atoms with Crippen LogP contribution in [-0.4, -0.2) is 43.8 Å². The number of piperazine rings is 1. The summed E-state index contributed by atoms with van der Waals surface area (Å²) >= 11 is 1.86. The monoisotopic (exact) mass is 224 g/mol. The minimum absolute atomic E-state index is 0.563. The van der Waals surface area contributed by atoms with Crippen molar-refractivity contribution in [3.05, 3.63) is 22.4 Å². The van der Waals surface area contributed by atoms with Crippen LogP contribution in [0.4, 0.5) is 0 Å². The van der Waals surface area contributed by atoms with Crippen molar-refractivity contribution in [3.63, 3.8) is 0 Å². The van der Waals surface area contributed by atoms with Gasteiger partial charge in [0.25, 0.3) is 0 Å². The van der Waals surface area contributed by atoms with Crippen molar-refractivity contribution < 1.29 is 4.74 Å². The molecule has 1 N–H and O–H groups in total. The highest BCUT2D eigenvalue weighted by Gasteiger charge is 2.33. The molecule has 15 heavy (non-hydrogen) atoms. The largest absolute Gasteiger partial charge is 0.378 e. The molecule has 0 aromatic carbocycles. The SMILES string of the molecule is c1csc(C2CNCC3COCCN32)c1. The molecule has 0 spiro atoms. The summed E-state index contributed by atoms with van der Waals surface area (Å²) in [6, 6.07) is 5.52. The first-order valence-electron chi connectivity index (χ1n) is 5.53. The molecule has 2 saturated heterocycles. The zero-order chi connectivity index (χ0) is 10.1. The molecule has 0 amide bonds. The molecule has 3 heterocycles. The first-order valence-corrected chi connectivity index (χ1v) is 6.41. The summed E-state index contributed by atoms with van der Waals surface area (Å²) in [5, 5.41) is 5.67. The van der Waals surface area contributed by atoms with Gasteiger partial charge in [0, 0.05) is 30.6 Å². The second kappa shape index (κ2) is 4.22. The molecule has 2 aliphatic heterocycles. The minimum Gasteiger partial charge on any atom is -0.378 e. The Kier molecular flexibility index (Phi) is 2.75.